The highest BCUT2D eigenvalue weighted by molar-refractivity contribution is 5.23. The molecule has 2 fully saturated rings. The molecule has 3 heterocycles. The Morgan fingerprint density at radius 1 is 1.15 bits per heavy atom. The van der Waals surface area contributed by atoms with Gasteiger partial charge in [-0.3, -0.25) is 0 Å². The Labute approximate surface area is 122 Å². The van der Waals surface area contributed by atoms with Gasteiger partial charge in [-0.25, -0.2) is 9.97 Å². The highest BCUT2D eigenvalue weighted by Gasteiger charge is 2.32. The van der Waals surface area contributed by atoms with Gasteiger partial charge in [-0.2, -0.15) is 0 Å². The van der Waals surface area contributed by atoms with Crippen molar-refractivity contribution in [2.24, 2.45) is 5.92 Å². The zero-order valence-corrected chi connectivity index (χ0v) is 12.5. The Morgan fingerprint density at radius 2 is 1.95 bits per heavy atom. The van der Waals surface area contributed by atoms with Crippen LogP contribution in [-0.2, 0) is 0 Å². The van der Waals surface area contributed by atoms with Crippen molar-refractivity contribution in [1.82, 2.24) is 14.9 Å². The van der Waals surface area contributed by atoms with Gasteiger partial charge in [-0.05, 0) is 63.6 Å². The summed E-state index contributed by atoms with van der Waals surface area (Å²) >= 11 is 0. The van der Waals surface area contributed by atoms with E-state index in [-0.39, 0.29) is 0 Å². The molecule has 2 aliphatic rings. The first-order valence-corrected chi connectivity index (χ1v) is 8.09. The molecule has 0 saturated carbocycles. The van der Waals surface area contributed by atoms with Gasteiger partial charge < -0.3 is 10.2 Å². The van der Waals surface area contributed by atoms with Crippen LogP contribution < -0.4 is 5.32 Å². The molecule has 2 saturated heterocycles. The van der Waals surface area contributed by atoms with E-state index in [1.165, 1.54) is 51.6 Å². The Bertz CT molecular complexity index is 415. The van der Waals surface area contributed by atoms with Crippen LogP contribution in [0.25, 0.3) is 0 Å². The summed E-state index contributed by atoms with van der Waals surface area (Å²) in [6.45, 7) is 5.67. The molecule has 0 unspecified atom stereocenters. The minimum atomic E-state index is 0.770. The van der Waals surface area contributed by atoms with Crippen molar-refractivity contribution >= 4 is 5.95 Å². The average molecular weight is 274 g/mol. The van der Waals surface area contributed by atoms with Crippen LogP contribution in [0.4, 0.5) is 5.95 Å². The maximum Gasteiger partial charge on any atom is 0.222 e. The second-order valence-electron chi connectivity index (χ2n) is 6.30. The molecule has 0 aromatic carbocycles. The standard InChI is InChI=1S/C16H26N4/c1-13-11-18-16(19-12-13)17-8-7-14-5-4-10-20-9-3-2-6-15(14)20/h11-12,14-15H,2-10H2,1H3,(H,17,18,19)/t14-,15+/m0/s1. The maximum absolute atomic E-state index is 4.31. The largest absolute Gasteiger partial charge is 0.354 e. The number of fused-ring (bicyclic) bond motifs is 1. The van der Waals surface area contributed by atoms with Gasteiger partial charge in [-0.15, -0.1) is 0 Å². The molecule has 0 radical (unpaired) electrons. The lowest BCUT2D eigenvalue weighted by molar-refractivity contribution is 0.0573. The van der Waals surface area contributed by atoms with Crippen LogP contribution in [-0.4, -0.2) is 40.5 Å². The fourth-order valence-corrected chi connectivity index (χ4v) is 3.77. The van der Waals surface area contributed by atoms with Gasteiger partial charge in [0.15, 0.2) is 0 Å². The Kier molecular flexibility index (Phi) is 4.51. The van der Waals surface area contributed by atoms with Gasteiger partial charge in [0.1, 0.15) is 0 Å². The van der Waals surface area contributed by atoms with E-state index in [1.807, 2.05) is 19.3 Å². The third-order valence-corrected chi connectivity index (χ3v) is 4.81. The number of anilines is 1. The highest BCUT2D eigenvalue weighted by atomic mass is 15.2. The average Bonchev–Trinajstić information content (AvgIpc) is 2.49. The normalized spacial score (nSPS) is 27.1. The molecule has 2 atom stereocenters. The van der Waals surface area contributed by atoms with Crippen molar-refractivity contribution in [3.63, 3.8) is 0 Å². The first kappa shape index (κ1) is 13.8. The van der Waals surface area contributed by atoms with Crippen LogP contribution in [0.2, 0.25) is 0 Å². The van der Waals surface area contributed by atoms with Crippen LogP contribution in [0.5, 0.6) is 0 Å². The number of piperidine rings is 2. The number of rotatable bonds is 4. The molecular weight excluding hydrogens is 248 g/mol. The van der Waals surface area contributed by atoms with E-state index in [2.05, 4.69) is 20.2 Å². The zero-order chi connectivity index (χ0) is 13.8. The summed E-state index contributed by atoms with van der Waals surface area (Å²) in [5.74, 6) is 1.63. The molecule has 0 spiro atoms. The third-order valence-electron chi connectivity index (χ3n) is 4.81. The van der Waals surface area contributed by atoms with Gasteiger partial charge in [0.25, 0.3) is 0 Å². The summed E-state index contributed by atoms with van der Waals surface area (Å²) in [7, 11) is 0. The first-order valence-electron chi connectivity index (χ1n) is 8.09. The Hall–Kier alpha value is -1.16. The quantitative estimate of drug-likeness (QED) is 0.916. The first-order chi connectivity index (χ1) is 9.83. The molecule has 1 N–H and O–H groups in total. The number of hydrogen-bond donors (Lipinski definition) is 1. The minimum Gasteiger partial charge on any atom is -0.354 e. The lowest BCUT2D eigenvalue weighted by Crippen LogP contribution is -2.48. The van der Waals surface area contributed by atoms with Crippen LogP contribution in [0.3, 0.4) is 0 Å². The fourth-order valence-electron chi connectivity index (χ4n) is 3.77. The second kappa shape index (κ2) is 6.53. The SMILES string of the molecule is Cc1cnc(NCC[C@@H]2CCCN3CCCC[C@H]23)nc1. The number of aryl methyl sites for hydroxylation is 1. The predicted octanol–water partition coefficient (Wildman–Crippen LogP) is 2.85. The van der Waals surface area contributed by atoms with Gasteiger partial charge in [0.05, 0.1) is 0 Å². The topological polar surface area (TPSA) is 41.1 Å². The van der Waals surface area contributed by atoms with E-state index >= 15 is 0 Å². The summed E-state index contributed by atoms with van der Waals surface area (Å²) in [6, 6.07) is 0.846. The number of nitrogens with zero attached hydrogens (tertiary/aromatic N) is 3. The molecule has 3 rings (SSSR count). The number of nitrogens with one attached hydrogen (secondary N) is 1. The molecule has 110 valence electrons. The van der Waals surface area contributed by atoms with Crippen molar-refractivity contribution in [3.8, 4) is 0 Å². The van der Waals surface area contributed by atoms with E-state index in [0.717, 1.165) is 30.0 Å². The van der Waals surface area contributed by atoms with Gasteiger partial charge in [-0.1, -0.05) is 6.42 Å². The third kappa shape index (κ3) is 3.29. The molecular formula is C16H26N4. The summed E-state index contributed by atoms with van der Waals surface area (Å²) in [6.07, 6.45) is 12.0. The van der Waals surface area contributed by atoms with E-state index in [4.69, 9.17) is 0 Å². The number of hydrogen-bond acceptors (Lipinski definition) is 4. The van der Waals surface area contributed by atoms with Crippen LogP contribution >= 0.6 is 0 Å². The molecule has 20 heavy (non-hydrogen) atoms. The summed E-state index contributed by atoms with van der Waals surface area (Å²) in [5.41, 5.74) is 1.11. The van der Waals surface area contributed by atoms with E-state index in [1.54, 1.807) is 0 Å². The van der Waals surface area contributed by atoms with Crippen molar-refractivity contribution in [3.05, 3.63) is 18.0 Å². The van der Waals surface area contributed by atoms with Crippen LogP contribution in [0.15, 0.2) is 12.4 Å². The molecule has 1 aromatic rings. The monoisotopic (exact) mass is 274 g/mol. The smallest absolute Gasteiger partial charge is 0.222 e. The highest BCUT2D eigenvalue weighted by Crippen LogP contribution is 2.32. The summed E-state index contributed by atoms with van der Waals surface area (Å²) in [5, 5.41) is 3.37. The summed E-state index contributed by atoms with van der Waals surface area (Å²) < 4.78 is 0. The van der Waals surface area contributed by atoms with Crippen LogP contribution in [0, 0.1) is 12.8 Å². The lowest BCUT2D eigenvalue weighted by atomic mass is 9.82. The van der Waals surface area contributed by atoms with E-state index < -0.39 is 0 Å². The van der Waals surface area contributed by atoms with Crippen LogP contribution in [0.1, 0.15) is 44.1 Å². The van der Waals surface area contributed by atoms with E-state index in [9.17, 15) is 0 Å². The van der Waals surface area contributed by atoms with Crippen molar-refractivity contribution in [2.45, 2.75) is 51.5 Å². The molecule has 0 bridgehead atoms. The van der Waals surface area contributed by atoms with Crippen molar-refractivity contribution < 1.29 is 0 Å². The van der Waals surface area contributed by atoms with Crippen molar-refractivity contribution in [1.29, 1.82) is 0 Å². The van der Waals surface area contributed by atoms with Crippen molar-refractivity contribution in [2.75, 3.05) is 25.0 Å². The number of aromatic nitrogens is 2. The molecule has 0 amide bonds. The Morgan fingerprint density at radius 3 is 2.80 bits per heavy atom. The maximum atomic E-state index is 4.31. The van der Waals surface area contributed by atoms with Gasteiger partial charge in [0.2, 0.25) is 5.95 Å². The summed E-state index contributed by atoms with van der Waals surface area (Å²) in [4.78, 5) is 11.4. The molecule has 2 aliphatic heterocycles. The van der Waals surface area contributed by atoms with Gasteiger partial charge in [0, 0.05) is 25.0 Å². The fraction of sp³-hybridized carbons (Fsp3) is 0.750. The minimum absolute atomic E-state index is 0.770. The molecule has 4 nitrogen and oxygen atoms in total. The van der Waals surface area contributed by atoms with Gasteiger partial charge >= 0.3 is 0 Å². The molecule has 4 heteroatoms. The Balaban J connectivity index is 1.48. The molecule has 1 aromatic heterocycles. The lowest BCUT2D eigenvalue weighted by Gasteiger charge is -2.44. The zero-order valence-electron chi connectivity index (χ0n) is 12.5. The predicted molar refractivity (Wildman–Crippen MR) is 81.8 cm³/mol. The van der Waals surface area contributed by atoms with E-state index in [0.29, 0.717) is 0 Å². The molecule has 0 aliphatic carbocycles. The second-order valence-corrected chi connectivity index (χ2v) is 6.30.